The van der Waals surface area contributed by atoms with E-state index in [1.807, 2.05) is 0 Å². The zero-order chi connectivity index (χ0) is 19.2. The fourth-order valence-electron chi connectivity index (χ4n) is 2.38. The van der Waals surface area contributed by atoms with E-state index in [1.165, 1.54) is 7.11 Å². The van der Waals surface area contributed by atoms with Crippen molar-refractivity contribution in [1.82, 2.24) is 10.1 Å². The first kappa shape index (κ1) is 18.2. The van der Waals surface area contributed by atoms with E-state index in [2.05, 4.69) is 15.5 Å². The van der Waals surface area contributed by atoms with Gasteiger partial charge in [0.25, 0.3) is 5.91 Å². The zero-order valence-electron chi connectivity index (χ0n) is 15.2. The Morgan fingerprint density at radius 2 is 1.81 bits per heavy atom. The van der Waals surface area contributed by atoms with Crippen molar-refractivity contribution in [3.05, 3.63) is 48.4 Å². The highest BCUT2D eigenvalue weighted by Crippen LogP contribution is 2.29. The molecule has 3 rings (SSSR count). The first-order valence-corrected chi connectivity index (χ1v) is 8.14. The molecule has 0 atom stereocenters. The SMILES string of the molecule is COc1ccc(NC(=O)COc2ccc(-c3noc(C)n3)cc2)cc1OC. The van der Waals surface area contributed by atoms with E-state index in [-0.39, 0.29) is 12.5 Å². The summed E-state index contributed by atoms with van der Waals surface area (Å²) in [6.45, 7) is 1.60. The van der Waals surface area contributed by atoms with Crippen molar-refractivity contribution in [3.8, 4) is 28.6 Å². The van der Waals surface area contributed by atoms with Gasteiger partial charge in [0.2, 0.25) is 11.7 Å². The highest BCUT2D eigenvalue weighted by Gasteiger charge is 2.09. The lowest BCUT2D eigenvalue weighted by atomic mass is 10.2. The van der Waals surface area contributed by atoms with Gasteiger partial charge in [0, 0.05) is 24.2 Å². The number of hydrogen-bond acceptors (Lipinski definition) is 7. The van der Waals surface area contributed by atoms with Gasteiger partial charge in [-0.15, -0.1) is 0 Å². The minimum absolute atomic E-state index is 0.130. The Bertz CT molecular complexity index is 921. The summed E-state index contributed by atoms with van der Waals surface area (Å²) in [5.41, 5.74) is 1.39. The van der Waals surface area contributed by atoms with Crippen LogP contribution in [0, 0.1) is 6.92 Å². The van der Waals surface area contributed by atoms with E-state index in [1.54, 1.807) is 56.5 Å². The second-order valence-corrected chi connectivity index (χ2v) is 5.57. The molecule has 2 aromatic carbocycles. The molecule has 0 aliphatic rings. The van der Waals surface area contributed by atoms with Gasteiger partial charge in [-0.3, -0.25) is 4.79 Å². The molecule has 0 fully saturated rings. The maximum Gasteiger partial charge on any atom is 0.262 e. The molecule has 1 heterocycles. The average Bonchev–Trinajstić information content (AvgIpc) is 3.13. The van der Waals surface area contributed by atoms with Crippen molar-refractivity contribution in [2.75, 3.05) is 26.1 Å². The molecule has 0 bridgehead atoms. The number of benzene rings is 2. The molecule has 8 nitrogen and oxygen atoms in total. The maximum atomic E-state index is 12.1. The van der Waals surface area contributed by atoms with E-state index in [0.717, 1.165) is 5.56 Å². The van der Waals surface area contributed by atoms with Crippen molar-refractivity contribution in [1.29, 1.82) is 0 Å². The Balaban J connectivity index is 1.56. The third kappa shape index (κ3) is 4.55. The largest absolute Gasteiger partial charge is 0.493 e. The lowest BCUT2D eigenvalue weighted by molar-refractivity contribution is -0.118. The predicted octanol–water partition coefficient (Wildman–Crippen LogP) is 3.08. The van der Waals surface area contributed by atoms with Gasteiger partial charge in [0.1, 0.15) is 5.75 Å². The molecule has 1 N–H and O–H groups in total. The Morgan fingerprint density at radius 3 is 2.44 bits per heavy atom. The van der Waals surface area contributed by atoms with Crippen LogP contribution in [0.3, 0.4) is 0 Å². The lowest BCUT2D eigenvalue weighted by Crippen LogP contribution is -2.20. The van der Waals surface area contributed by atoms with Crippen LogP contribution in [0.5, 0.6) is 17.2 Å². The quantitative estimate of drug-likeness (QED) is 0.684. The topological polar surface area (TPSA) is 95.7 Å². The summed E-state index contributed by atoms with van der Waals surface area (Å²) < 4.78 is 20.8. The number of hydrogen-bond donors (Lipinski definition) is 1. The van der Waals surface area contributed by atoms with Gasteiger partial charge >= 0.3 is 0 Å². The number of carbonyl (C=O) groups is 1. The first-order chi connectivity index (χ1) is 13.1. The fraction of sp³-hybridized carbons (Fsp3) is 0.211. The molecule has 140 valence electrons. The minimum atomic E-state index is -0.292. The van der Waals surface area contributed by atoms with Crippen LogP contribution in [0.4, 0.5) is 5.69 Å². The van der Waals surface area contributed by atoms with Crippen molar-refractivity contribution in [3.63, 3.8) is 0 Å². The predicted molar refractivity (Wildman–Crippen MR) is 98.1 cm³/mol. The molecule has 1 amide bonds. The number of amides is 1. The van der Waals surface area contributed by atoms with Gasteiger partial charge in [-0.1, -0.05) is 5.16 Å². The maximum absolute atomic E-state index is 12.1. The van der Waals surface area contributed by atoms with Crippen LogP contribution in [0.25, 0.3) is 11.4 Å². The summed E-state index contributed by atoms with van der Waals surface area (Å²) in [5, 5.41) is 6.60. The van der Waals surface area contributed by atoms with Crippen molar-refractivity contribution in [2.45, 2.75) is 6.92 Å². The van der Waals surface area contributed by atoms with Gasteiger partial charge < -0.3 is 24.1 Å². The summed E-state index contributed by atoms with van der Waals surface area (Å²) in [6.07, 6.45) is 0. The van der Waals surface area contributed by atoms with Gasteiger partial charge in [-0.05, 0) is 36.4 Å². The highest BCUT2D eigenvalue weighted by molar-refractivity contribution is 5.92. The molecule has 3 aromatic rings. The molecular formula is C19H19N3O5. The second-order valence-electron chi connectivity index (χ2n) is 5.57. The number of anilines is 1. The van der Waals surface area contributed by atoms with Crippen LogP contribution in [0.2, 0.25) is 0 Å². The van der Waals surface area contributed by atoms with Crippen molar-refractivity contribution in [2.24, 2.45) is 0 Å². The molecular weight excluding hydrogens is 350 g/mol. The monoisotopic (exact) mass is 369 g/mol. The number of ether oxygens (including phenoxy) is 3. The Kier molecular flexibility index (Phi) is 5.55. The number of rotatable bonds is 7. The Morgan fingerprint density at radius 1 is 1.07 bits per heavy atom. The van der Waals surface area contributed by atoms with Crippen molar-refractivity contribution >= 4 is 11.6 Å². The molecule has 0 unspecified atom stereocenters. The molecule has 0 saturated carbocycles. The smallest absolute Gasteiger partial charge is 0.262 e. The average molecular weight is 369 g/mol. The van der Waals surface area contributed by atoms with Crippen LogP contribution < -0.4 is 19.5 Å². The zero-order valence-corrected chi connectivity index (χ0v) is 15.2. The third-order valence-corrected chi connectivity index (χ3v) is 3.68. The molecule has 0 aliphatic heterocycles. The summed E-state index contributed by atoms with van der Waals surface area (Å²) >= 11 is 0. The van der Waals surface area contributed by atoms with E-state index in [9.17, 15) is 4.79 Å². The van der Waals surface area contributed by atoms with Crippen LogP contribution in [0.1, 0.15) is 5.89 Å². The summed E-state index contributed by atoms with van der Waals surface area (Å²) in [7, 11) is 3.08. The molecule has 27 heavy (non-hydrogen) atoms. The summed E-state index contributed by atoms with van der Waals surface area (Å²) in [5.74, 6) is 2.39. The fourth-order valence-corrected chi connectivity index (χ4v) is 2.38. The number of carbonyl (C=O) groups excluding carboxylic acids is 1. The van der Waals surface area contributed by atoms with Gasteiger partial charge in [-0.25, -0.2) is 0 Å². The van der Waals surface area contributed by atoms with E-state index in [0.29, 0.717) is 34.7 Å². The van der Waals surface area contributed by atoms with E-state index < -0.39 is 0 Å². The minimum Gasteiger partial charge on any atom is -0.493 e. The number of nitrogens with one attached hydrogen (secondary N) is 1. The molecule has 0 radical (unpaired) electrons. The molecule has 0 saturated heterocycles. The third-order valence-electron chi connectivity index (χ3n) is 3.68. The Hall–Kier alpha value is -3.55. The molecule has 1 aromatic heterocycles. The highest BCUT2D eigenvalue weighted by atomic mass is 16.5. The summed E-state index contributed by atoms with van der Waals surface area (Å²) in [6, 6.07) is 12.2. The lowest BCUT2D eigenvalue weighted by Gasteiger charge is -2.11. The summed E-state index contributed by atoms with van der Waals surface area (Å²) in [4.78, 5) is 16.2. The van der Waals surface area contributed by atoms with Crippen LogP contribution in [0.15, 0.2) is 47.0 Å². The Labute approximate surface area is 156 Å². The molecule has 0 spiro atoms. The van der Waals surface area contributed by atoms with Crippen LogP contribution in [-0.4, -0.2) is 36.9 Å². The second kappa shape index (κ2) is 8.22. The number of aromatic nitrogens is 2. The van der Waals surface area contributed by atoms with E-state index >= 15 is 0 Å². The van der Waals surface area contributed by atoms with Gasteiger partial charge in [0.15, 0.2) is 18.1 Å². The molecule has 0 aliphatic carbocycles. The molecule has 8 heteroatoms. The van der Waals surface area contributed by atoms with Crippen molar-refractivity contribution < 1.29 is 23.5 Å². The standard InChI is InChI=1S/C19H19N3O5/c1-12-20-19(22-27-12)13-4-7-15(8-5-13)26-11-18(23)21-14-6-9-16(24-2)17(10-14)25-3/h4-10H,11H2,1-3H3,(H,21,23). The normalized spacial score (nSPS) is 10.3. The first-order valence-electron chi connectivity index (χ1n) is 8.14. The van der Waals surface area contributed by atoms with Crippen LogP contribution in [-0.2, 0) is 4.79 Å². The van der Waals surface area contributed by atoms with Gasteiger partial charge in [-0.2, -0.15) is 4.98 Å². The van der Waals surface area contributed by atoms with Crippen LogP contribution >= 0.6 is 0 Å². The van der Waals surface area contributed by atoms with Gasteiger partial charge in [0.05, 0.1) is 14.2 Å². The number of methoxy groups -OCH3 is 2. The number of aryl methyl sites for hydroxylation is 1. The van der Waals surface area contributed by atoms with E-state index in [4.69, 9.17) is 18.7 Å². The number of nitrogens with zero attached hydrogens (tertiary/aromatic N) is 2.